The van der Waals surface area contributed by atoms with Crippen molar-refractivity contribution in [3.05, 3.63) is 18.7 Å². The van der Waals surface area contributed by atoms with E-state index in [1.807, 2.05) is 0 Å². The molecule has 5 nitrogen and oxygen atoms in total. The summed E-state index contributed by atoms with van der Waals surface area (Å²) >= 11 is 0. The van der Waals surface area contributed by atoms with Gasteiger partial charge in [-0.3, -0.25) is 0 Å². The molecule has 0 saturated carbocycles. The van der Waals surface area contributed by atoms with Gasteiger partial charge in [0.15, 0.2) is 6.20 Å². The summed E-state index contributed by atoms with van der Waals surface area (Å²) in [5.41, 5.74) is 7.11. The van der Waals surface area contributed by atoms with E-state index < -0.39 is 6.03 Å². The van der Waals surface area contributed by atoms with Gasteiger partial charge in [-0.2, -0.15) is 5.43 Å². The number of nitrogens with zero attached hydrogens (tertiary/aromatic N) is 1. The summed E-state index contributed by atoms with van der Waals surface area (Å²) in [5.74, 6) is 0. The summed E-state index contributed by atoms with van der Waals surface area (Å²) in [6.07, 6.45) is 4.85. The Morgan fingerprint density at radius 3 is 2.80 bits per heavy atom. The molecule has 0 radical (unpaired) electrons. The summed E-state index contributed by atoms with van der Waals surface area (Å²) in [6.45, 7) is 0. The molecule has 1 aromatic heterocycles. The van der Waals surface area contributed by atoms with E-state index in [1.165, 1.54) is 4.68 Å². The molecule has 10 heavy (non-hydrogen) atoms. The Kier molecular flexibility index (Phi) is 3.77. The van der Waals surface area contributed by atoms with Crippen LogP contribution in [0.3, 0.4) is 0 Å². The maximum atomic E-state index is 10.1. The molecular formula is C4H7IN4O. The Labute approximate surface area is 74.6 Å². The van der Waals surface area contributed by atoms with Crippen LogP contribution in [-0.4, -0.2) is 11.0 Å². The number of primary amides is 1. The number of hydrogen-bond donors (Lipinski definition) is 3. The number of urea groups is 1. The average molecular weight is 254 g/mol. The molecule has 1 heterocycles. The first kappa shape index (κ1) is 9.21. The van der Waals surface area contributed by atoms with Gasteiger partial charge in [0.2, 0.25) is 0 Å². The van der Waals surface area contributed by atoms with Gasteiger partial charge in [-0.05, 0) is 0 Å². The number of carbonyl (C=O) groups is 1. The first-order valence-electron chi connectivity index (χ1n) is 2.39. The van der Waals surface area contributed by atoms with Gasteiger partial charge in [0.25, 0.3) is 6.33 Å². The van der Waals surface area contributed by atoms with E-state index in [1.54, 1.807) is 18.7 Å². The van der Waals surface area contributed by atoms with Gasteiger partial charge in [0, 0.05) is 0 Å². The average Bonchev–Trinajstić information content (AvgIpc) is 2.15. The molecule has 0 unspecified atom stereocenters. The molecule has 0 fully saturated rings. The second-order valence-corrected chi connectivity index (χ2v) is 1.49. The van der Waals surface area contributed by atoms with Crippen molar-refractivity contribution < 1.29 is 33.4 Å². The number of amides is 2. The molecule has 0 aliphatic heterocycles. The highest BCUT2D eigenvalue weighted by Gasteiger charge is 1.96. The lowest BCUT2D eigenvalue weighted by Crippen LogP contribution is -3.00. The Hall–Kier alpha value is -0.790. The van der Waals surface area contributed by atoms with Gasteiger partial charge in [0.1, 0.15) is 6.20 Å². The highest BCUT2D eigenvalue weighted by Crippen LogP contribution is 1.63. The van der Waals surface area contributed by atoms with Gasteiger partial charge in [-0.15, -0.1) is 4.68 Å². The van der Waals surface area contributed by atoms with Crippen LogP contribution in [0, 0.1) is 0 Å². The largest absolute Gasteiger partial charge is 1.00 e. The molecule has 0 atom stereocenters. The van der Waals surface area contributed by atoms with Gasteiger partial charge >= 0.3 is 6.03 Å². The zero-order valence-electron chi connectivity index (χ0n) is 5.04. The summed E-state index contributed by atoms with van der Waals surface area (Å²) in [6, 6.07) is -0.584. The van der Waals surface area contributed by atoms with E-state index in [9.17, 15) is 4.79 Å². The Bertz CT molecular complexity index is 197. The predicted octanol–water partition coefficient (Wildman–Crippen LogP) is -4.07. The third kappa shape index (κ3) is 2.67. The number of aromatic nitrogens is 2. The van der Waals surface area contributed by atoms with Crippen LogP contribution in [0.4, 0.5) is 4.79 Å². The van der Waals surface area contributed by atoms with Crippen molar-refractivity contribution in [2.24, 2.45) is 5.73 Å². The minimum atomic E-state index is -0.584. The first-order valence-corrected chi connectivity index (χ1v) is 2.39. The second-order valence-electron chi connectivity index (χ2n) is 1.49. The molecule has 6 heteroatoms. The summed E-state index contributed by atoms with van der Waals surface area (Å²) in [4.78, 5) is 12.9. The predicted molar refractivity (Wildman–Crippen MR) is 29.9 cm³/mol. The fourth-order valence-electron chi connectivity index (χ4n) is 0.486. The summed E-state index contributed by atoms with van der Waals surface area (Å²) < 4.78 is 1.42. The summed E-state index contributed by atoms with van der Waals surface area (Å²) in [7, 11) is 0. The van der Waals surface area contributed by atoms with Crippen molar-refractivity contribution in [3.63, 3.8) is 0 Å². The van der Waals surface area contributed by atoms with Crippen molar-refractivity contribution in [3.8, 4) is 0 Å². The van der Waals surface area contributed by atoms with E-state index >= 15 is 0 Å². The van der Waals surface area contributed by atoms with Crippen molar-refractivity contribution in [2.75, 3.05) is 5.43 Å². The highest BCUT2D eigenvalue weighted by molar-refractivity contribution is 5.77. The van der Waals surface area contributed by atoms with Crippen LogP contribution in [0.5, 0.6) is 0 Å². The van der Waals surface area contributed by atoms with Crippen LogP contribution in [0.15, 0.2) is 18.7 Å². The maximum Gasteiger partial charge on any atom is 0.348 e. The Morgan fingerprint density at radius 2 is 2.40 bits per heavy atom. The quantitative estimate of drug-likeness (QED) is 0.346. The standard InChI is InChI=1S/C4H6N4O.HI/c5-4(9)7-8-2-1-6-3-8;/h1-3H,(H3,5,7,9);1H. The lowest BCUT2D eigenvalue weighted by molar-refractivity contribution is -0.639. The number of carbonyl (C=O) groups excluding carboxylic acids is 1. The van der Waals surface area contributed by atoms with E-state index in [-0.39, 0.29) is 24.0 Å². The number of imidazole rings is 1. The zero-order valence-corrected chi connectivity index (χ0v) is 7.20. The number of nitrogens with one attached hydrogen (secondary N) is 2. The zero-order chi connectivity index (χ0) is 6.69. The number of nitrogens with two attached hydrogens (primary N) is 1. The molecule has 0 saturated heterocycles. The fourth-order valence-corrected chi connectivity index (χ4v) is 0.486. The monoisotopic (exact) mass is 254 g/mol. The van der Waals surface area contributed by atoms with E-state index in [2.05, 4.69) is 10.4 Å². The number of hydrogen-bond acceptors (Lipinski definition) is 1. The minimum Gasteiger partial charge on any atom is -1.00 e. The lowest BCUT2D eigenvalue weighted by Gasteiger charge is -1.90. The number of aromatic amines is 1. The molecule has 2 amide bonds. The van der Waals surface area contributed by atoms with E-state index in [0.717, 1.165) is 0 Å². The Balaban J connectivity index is 0.000000810. The van der Waals surface area contributed by atoms with Gasteiger partial charge in [-0.1, -0.05) is 0 Å². The SMILES string of the molecule is NC(=O)N[n+]1cc[nH]c1.[I-]. The van der Waals surface area contributed by atoms with Crippen LogP contribution < -0.4 is 39.8 Å². The topological polar surface area (TPSA) is 74.8 Å². The smallest absolute Gasteiger partial charge is 0.348 e. The normalized spacial score (nSPS) is 8.00. The summed E-state index contributed by atoms with van der Waals surface area (Å²) in [5, 5.41) is 0. The van der Waals surface area contributed by atoms with Crippen LogP contribution in [0.2, 0.25) is 0 Å². The van der Waals surface area contributed by atoms with Gasteiger partial charge in [0.05, 0.1) is 0 Å². The first-order chi connectivity index (χ1) is 4.29. The fraction of sp³-hybridized carbons (Fsp3) is 0. The van der Waals surface area contributed by atoms with Crippen molar-refractivity contribution in [1.29, 1.82) is 0 Å². The third-order valence-electron chi connectivity index (χ3n) is 0.784. The maximum absolute atomic E-state index is 10.1. The Morgan fingerprint density at radius 1 is 1.70 bits per heavy atom. The second kappa shape index (κ2) is 4.09. The molecule has 0 aromatic carbocycles. The lowest BCUT2D eigenvalue weighted by atomic mass is 10.9. The van der Waals surface area contributed by atoms with E-state index in [4.69, 9.17) is 5.73 Å². The van der Waals surface area contributed by atoms with Gasteiger partial charge in [-0.25, -0.2) is 9.78 Å². The molecule has 1 aromatic rings. The molecule has 0 aliphatic rings. The number of H-pyrrole nitrogens is 1. The van der Waals surface area contributed by atoms with Crippen LogP contribution >= 0.6 is 0 Å². The third-order valence-corrected chi connectivity index (χ3v) is 0.784. The van der Waals surface area contributed by atoms with Crippen molar-refractivity contribution >= 4 is 6.03 Å². The number of rotatable bonds is 1. The molecule has 56 valence electrons. The molecule has 1 rings (SSSR count). The van der Waals surface area contributed by atoms with Crippen molar-refractivity contribution in [2.45, 2.75) is 0 Å². The van der Waals surface area contributed by atoms with E-state index in [0.29, 0.717) is 0 Å². The molecule has 0 spiro atoms. The highest BCUT2D eigenvalue weighted by atomic mass is 127. The number of halogens is 1. The molecule has 4 N–H and O–H groups in total. The molecule has 0 aliphatic carbocycles. The molecule has 0 bridgehead atoms. The minimum absolute atomic E-state index is 0. The van der Waals surface area contributed by atoms with Gasteiger partial charge < -0.3 is 29.7 Å². The van der Waals surface area contributed by atoms with Crippen LogP contribution in [-0.2, 0) is 0 Å². The van der Waals surface area contributed by atoms with Crippen LogP contribution in [0.1, 0.15) is 0 Å². The van der Waals surface area contributed by atoms with Crippen LogP contribution in [0.25, 0.3) is 0 Å². The molecular weight excluding hydrogens is 247 g/mol. The van der Waals surface area contributed by atoms with Crippen molar-refractivity contribution in [1.82, 2.24) is 4.98 Å².